The number of hydrogen-bond donors (Lipinski definition) is 1. The van der Waals surface area contributed by atoms with Gasteiger partial charge in [0.25, 0.3) is 5.91 Å². The molecule has 0 bridgehead atoms. The number of pyridine rings is 2. The molecule has 0 saturated carbocycles. The van der Waals surface area contributed by atoms with Gasteiger partial charge in [0, 0.05) is 56.9 Å². The summed E-state index contributed by atoms with van der Waals surface area (Å²) in [5.74, 6) is -0.561. The van der Waals surface area contributed by atoms with Crippen molar-refractivity contribution in [2.45, 2.75) is 65.3 Å². The molecule has 0 radical (unpaired) electrons. The predicted molar refractivity (Wildman–Crippen MR) is 185 cm³/mol. The van der Waals surface area contributed by atoms with Crippen molar-refractivity contribution in [1.82, 2.24) is 19.8 Å². The van der Waals surface area contributed by atoms with E-state index in [1.807, 2.05) is 18.7 Å². The van der Waals surface area contributed by atoms with Crippen LogP contribution in [0.4, 0.5) is 29.5 Å². The van der Waals surface area contributed by atoms with Crippen molar-refractivity contribution in [3.8, 4) is 17.1 Å². The molecule has 0 spiro atoms. The highest BCUT2D eigenvalue weighted by Crippen LogP contribution is 2.37. The summed E-state index contributed by atoms with van der Waals surface area (Å²) in [4.78, 5) is 53.1. The summed E-state index contributed by atoms with van der Waals surface area (Å²) < 4.78 is 52.6. The number of carbonyl (C=O) groups is 3. The van der Waals surface area contributed by atoms with E-state index in [0.29, 0.717) is 35.9 Å². The Morgan fingerprint density at radius 2 is 1.82 bits per heavy atom. The third kappa shape index (κ3) is 9.55. The normalized spacial score (nSPS) is 15.0. The lowest BCUT2D eigenvalue weighted by atomic mass is 10.0. The fourth-order valence-electron chi connectivity index (χ4n) is 5.47. The number of carbonyl (C=O) groups excluding carboxylic acids is 3. The lowest BCUT2D eigenvalue weighted by molar-refractivity contribution is -0.138. The molecule has 50 heavy (non-hydrogen) atoms. The van der Waals surface area contributed by atoms with Gasteiger partial charge in [-0.05, 0) is 76.6 Å². The summed E-state index contributed by atoms with van der Waals surface area (Å²) in [5.41, 5.74) is -0.607. The Morgan fingerprint density at radius 3 is 2.48 bits per heavy atom. The van der Waals surface area contributed by atoms with Crippen LogP contribution in [0.5, 0.6) is 5.88 Å². The van der Waals surface area contributed by atoms with Crippen molar-refractivity contribution in [3.05, 3.63) is 64.8 Å². The largest absolute Gasteiger partial charge is 0.477 e. The number of piperazine rings is 1. The van der Waals surface area contributed by atoms with Gasteiger partial charge in [-0.3, -0.25) is 9.59 Å². The molecule has 3 heterocycles. The van der Waals surface area contributed by atoms with Gasteiger partial charge in [0.1, 0.15) is 5.60 Å². The van der Waals surface area contributed by atoms with Crippen LogP contribution >= 0.6 is 11.6 Å². The van der Waals surface area contributed by atoms with Crippen molar-refractivity contribution in [2.24, 2.45) is 0 Å². The maximum absolute atomic E-state index is 13.8. The number of aromatic nitrogens is 2. The quantitative estimate of drug-likeness (QED) is 0.235. The Morgan fingerprint density at radius 1 is 1.08 bits per heavy atom. The van der Waals surface area contributed by atoms with Gasteiger partial charge in [-0.1, -0.05) is 18.5 Å². The fraction of sp³-hybridized carbons (Fsp3) is 0.457. The second-order valence-corrected chi connectivity index (χ2v) is 13.2. The molecule has 1 N–H and O–H groups in total. The van der Waals surface area contributed by atoms with E-state index in [4.69, 9.17) is 26.1 Å². The molecule has 1 aliphatic rings. The van der Waals surface area contributed by atoms with Crippen LogP contribution in [0.2, 0.25) is 5.02 Å². The molecule has 3 amide bonds. The van der Waals surface area contributed by atoms with Crippen LogP contribution < -0.4 is 15.0 Å². The number of nitrogens with one attached hydrogen (secondary N) is 1. The Labute approximate surface area is 294 Å². The molecule has 1 saturated heterocycles. The third-order valence-corrected chi connectivity index (χ3v) is 8.14. The molecule has 1 atom stereocenters. The van der Waals surface area contributed by atoms with E-state index in [2.05, 4.69) is 10.3 Å². The van der Waals surface area contributed by atoms with Crippen molar-refractivity contribution in [2.75, 3.05) is 50.1 Å². The summed E-state index contributed by atoms with van der Waals surface area (Å²) >= 11 is 5.84. The van der Waals surface area contributed by atoms with Gasteiger partial charge in [0.15, 0.2) is 5.82 Å². The van der Waals surface area contributed by atoms with E-state index < -0.39 is 40.8 Å². The van der Waals surface area contributed by atoms with E-state index in [-0.39, 0.29) is 49.5 Å². The maximum Gasteiger partial charge on any atom is 0.417 e. The zero-order valence-electron chi connectivity index (χ0n) is 28.9. The van der Waals surface area contributed by atoms with E-state index in [0.717, 1.165) is 12.1 Å². The van der Waals surface area contributed by atoms with Crippen molar-refractivity contribution in [1.29, 1.82) is 0 Å². The van der Waals surface area contributed by atoms with Gasteiger partial charge in [-0.25, -0.2) is 14.8 Å². The number of hydrogen-bond acceptors (Lipinski definition) is 8. The maximum atomic E-state index is 13.8. The Bertz CT molecular complexity index is 1700. The number of alkyl halides is 3. The van der Waals surface area contributed by atoms with Crippen molar-refractivity contribution >= 4 is 41.0 Å². The van der Waals surface area contributed by atoms with Gasteiger partial charge in [0.2, 0.25) is 11.8 Å². The minimum absolute atomic E-state index is 0.0553. The summed E-state index contributed by atoms with van der Waals surface area (Å²) in [6.45, 7) is 9.94. The molecule has 15 heteroatoms. The minimum Gasteiger partial charge on any atom is -0.477 e. The monoisotopic (exact) mass is 718 g/mol. The zero-order valence-corrected chi connectivity index (χ0v) is 29.7. The van der Waals surface area contributed by atoms with E-state index in [1.165, 1.54) is 22.9 Å². The number of anilines is 2. The first-order chi connectivity index (χ1) is 23.5. The highest BCUT2D eigenvalue weighted by molar-refractivity contribution is 6.30. The number of halogens is 4. The molecule has 0 unspecified atom stereocenters. The molecule has 1 aromatic carbocycles. The highest BCUT2D eigenvalue weighted by atomic mass is 35.5. The molecular weight excluding hydrogens is 677 g/mol. The van der Waals surface area contributed by atoms with Crippen molar-refractivity contribution < 1.29 is 37.0 Å². The molecule has 11 nitrogen and oxygen atoms in total. The second-order valence-electron chi connectivity index (χ2n) is 12.7. The van der Waals surface area contributed by atoms with Crippen molar-refractivity contribution in [3.63, 3.8) is 0 Å². The number of amides is 3. The Kier molecular flexibility index (Phi) is 12.2. The molecule has 0 aliphatic carbocycles. The Hall–Kier alpha value is -4.59. The number of ether oxygens (including phenoxy) is 2. The number of benzene rings is 1. The van der Waals surface area contributed by atoms with Crippen LogP contribution in [0.25, 0.3) is 11.3 Å². The molecule has 2 aromatic heterocycles. The van der Waals surface area contributed by atoms with Crippen LogP contribution in [0.15, 0.2) is 48.7 Å². The van der Waals surface area contributed by atoms with Gasteiger partial charge in [-0.15, -0.1) is 0 Å². The van der Waals surface area contributed by atoms with Crippen LogP contribution in [0.3, 0.4) is 0 Å². The average molecular weight is 719 g/mol. The summed E-state index contributed by atoms with van der Waals surface area (Å²) in [6.07, 6.45) is -3.25. The summed E-state index contributed by atoms with van der Waals surface area (Å²) in [7, 11) is 1.54. The molecule has 4 rings (SSSR count). The molecule has 1 fully saturated rings. The summed E-state index contributed by atoms with van der Waals surface area (Å²) in [5, 5.41) is 2.78. The van der Waals surface area contributed by atoms with Crippen LogP contribution in [0.1, 0.15) is 63.4 Å². The van der Waals surface area contributed by atoms with Gasteiger partial charge < -0.3 is 29.5 Å². The first kappa shape index (κ1) is 38.2. The van der Waals surface area contributed by atoms with Crippen LogP contribution in [-0.4, -0.2) is 89.2 Å². The zero-order chi connectivity index (χ0) is 36.8. The summed E-state index contributed by atoms with van der Waals surface area (Å²) in [6, 6.07) is 9.92. The topological polar surface area (TPSA) is 117 Å². The SMILES string of the molecule is CCOc1ncccc1-c1ccc(N2CCN(C(=O)c3ccc(Cl)cc3C(F)(F)F)C[C@H]2CC)c(NC(=O)CCN(C)C(=O)OC(C)(C)C)n1. The van der Waals surface area contributed by atoms with E-state index in [1.54, 1.807) is 51.2 Å². The van der Waals surface area contributed by atoms with Gasteiger partial charge in [-0.2, -0.15) is 13.2 Å². The predicted octanol–water partition coefficient (Wildman–Crippen LogP) is 7.15. The Balaban J connectivity index is 1.62. The minimum atomic E-state index is -4.76. The van der Waals surface area contributed by atoms with E-state index >= 15 is 0 Å². The highest BCUT2D eigenvalue weighted by Gasteiger charge is 2.38. The molecule has 3 aromatic rings. The lowest BCUT2D eigenvalue weighted by Crippen LogP contribution is -2.55. The number of rotatable bonds is 10. The molecular formula is C35H42ClF3N6O5. The fourth-order valence-corrected chi connectivity index (χ4v) is 5.64. The van der Waals surface area contributed by atoms with E-state index in [9.17, 15) is 27.6 Å². The van der Waals surface area contributed by atoms with Crippen LogP contribution in [0, 0.1) is 0 Å². The third-order valence-electron chi connectivity index (χ3n) is 7.91. The standard InChI is InChI=1S/C35H42ClF3N6O5/c1-7-23-21-44(32(47)24-12-11-22(36)20-26(24)35(37,38)39)18-19-45(23)28-14-13-27(25-10-9-16-40-31(25)49-8-2)41-30(28)42-29(46)15-17-43(6)33(48)50-34(3,4)5/h9-14,16,20,23H,7-8,15,17-19,21H2,1-6H3,(H,41,42,46)/t23-/m1/s1. The molecule has 270 valence electrons. The second kappa shape index (κ2) is 16.0. The number of nitrogens with zero attached hydrogens (tertiary/aromatic N) is 5. The first-order valence-electron chi connectivity index (χ1n) is 16.3. The smallest absolute Gasteiger partial charge is 0.417 e. The van der Waals surface area contributed by atoms with Gasteiger partial charge in [0.05, 0.1) is 34.7 Å². The van der Waals surface area contributed by atoms with Gasteiger partial charge >= 0.3 is 12.3 Å². The lowest BCUT2D eigenvalue weighted by Gasteiger charge is -2.43. The first-order valence-corrected chi connectivity index (χ1v) is 16.7. The average Bonchev–Trinajstić information content (AvgIpc) is 3.06. The molecule has 1 aliphatic heterocycles. The van der Waals surface area contributed by atoms with Crippen LogP contribution in [-0.2, 0) is 15.7 Å².